The Morgan fingerprint density at radius 3 is 2.68 bits per heavy atom. The van der Waals surface area contributed by atoms with E-state index in [1.807, 2.05) is 6.07 Å². The molecule has 6 nitrogen and oxygen atoms in total. The van der Waals surface area contributed by atoms with Crippen LogP contribution in [0.3, 0.4) is 0 Å². The van der Waals surface area contributed by atoms with Gasteiger partial charge in [0.15, 0.2) is 0 Å². The third-order valence-corrected chi connectivity index (χ3v) is 8.00. The van der Waals surface area contributed by atoms with E-state index in [-0.39, 0.29) is 27.0 Å². The molecule has 28 heavy (non-hydrogen) atoms. The lowest BCUT2D eigenvalue weighted by atomic mass is 9.99. The van der Waals surface area contributed by atoms with Crippen LogP contribution in [0.5, 0.6) is 0 Å². The van der Waals surface area contributed by atoms with Crippen LogP contribution >= 0.6 is 11.3 Å². The number of nitrogens with zero attached hydrogens (tertiary/aromatic N) is 4. The van der Waals surface area contributed by atoms with Crippen molar-refractivity contribution >= 4 is 32.9 Å². The van der Waals surface area contributed by atoms with Gasteiger partial charge in [-0.05, 0) is 24.9 Å². The Bertz CT molecular complexity index is 1110. The molecule has 1 aliphatic rings. The Labute approximate surface area is 164 Å². The molecule has 0 radical (unpaired) electrons. The van der Waals surface area contributed by atoms with Crippen LogP contribution in [0.15, 0.2) is 29.5 Å². The van der Waals surface area contributed by atoms with Crippen molar-refractivity contribution in [2.24, 2.45) is 10.7 Å². The zero-order valence-electron chi connectivity index (χ0n) is 14.9. The summed E-state index contributed by atoms with van der Waals surface area (Å²) in [5.74, 6) is 3.29. The number of alkyl halides is 3. The lowest BCUT2D eigenvalue weighted by molar-refractivity contribution is -0.138. The topological polar surface area (TPSA) is 95.4 Å². The number of thiophene rings is 1. The number of guanidine groups is 1. The molecule has 11 heteroatoms. The molecule has 0 fully saturated rings. The maximum absolute atomic E-state index is 13.8. The van der Waals surface area contributed by atoms with Gasteiger partial charge in [-0.3, -0.25) is 9.29 Å². The third-order valence-electron chi connectivity index (χ3n) is 4.37. The number of hydrogen-bond donors (Lipinski definition) is 1. The monoisotopic (exact) mass is 427 g/mol. The Morgan fingerprint density at radius 2 is 2.11 bits per heavy atom. The lowest BCUT2D eigenvalue weighted by Gasteiger charge is -2.37. The lowest BCUT2D eigenvalue weighted by Crippen LogP contribution is -2.50. The van der Waals surface area contributed by atoms with Gasteiger partial charge in [0.2, 0.25) is 5.96 Å². The average molecular weight is 427 g/mol. The summed E-state index contributed by atoms with van der Waals surface area (Å²) in [5, 5.41) is 9.01. The van der Waals surface area contributed by atoms with E-state index in [1.54, 1.807) is 0 Å². The maximum atomic E-state index is 13.8. The van der Waals surface area contributed by atoms with Gasteiger partial charge in [-0.25, -0.2) is 9.20 Å². The minimum atomic E-state index is -4.65. The zero-order valence-corrected chi connectivity index (χ0v) is 16.6. The van der Waals surface area contributed by atoms with Gasteiger partial charge in [0.1, 0.15) is 11.6 Å². The van der Waals surface area contributed by atoms with Crippen molar-refractivity contribution < 1.29 is 17.4 Å². The fourth-order valence-corrected chi connectivity index (χ4v) is 5.96. The number of nitrogens with two attached hydrogens (primary N) is 1. The number of nitriles is 1. The van der Waals surface area contributed by atoms with Crippen LogP contribution in [0, 0.1) is 11.3 Å². The number of aliphatic imine (C=N–C) groups is 1. The summed E-state index contributed by atoms with van der Waals surface area (Å²) in [6, 6.07) is 4.37. The van der Waals surface area contributed by atoms with Gasteiger partial charge in [0.25, 0.3) is 0 Å². The van der Waals surface area contributed by atoms with Crippen molar-refractivity contribution in [3.63, 3.8) is 0 Å². The SMILES string of the molecule is C=S1(=O)C[C@@](C)(c2sc(-c3cncc(C#N)c3)cc2C(F)(F)F)N=C(N)N1C. The van der Waals surface area contributed by atoms with Crippen LogP contribution < -0.4 is 5.73 Å². The highest BCUT2D eigenvalue weighted by atomic mass is 32.2. The molecule has 0 saturated carbocycles. The third kappa shape index (κ3) is 3.45. The number of halogens is 3. The molecule has 3 rings (SSSR count). The zero-order chi connectivity index (χ0) is 20.9. The minimum Gasteiger partial charge on any atom is -0.369 e. The van der Waals surface area contributed by atoms with Crippen LogP contribution in [0.25, 0.3) is 10.4 Å². The van der Waals surface area contributed by atoms with Crippen molar-refractivity contribution in [1.29, 1.82) is 5.26 Å². The number of pyridine rings is 1. The van der Waals surface area contributed by atoms with E-state index in [2.05, 4.69) is 15.8 Å². The van der Waals surface area contributed by atoms with Crippen molar-refractivity contribution in [1.82, 2.24) is 9.29 Å². The summed E-state index contributed by atoms with van der Waals surface area (Å²) in [4.78, 5) is 8.29. The van der Waals surface area contributed by atoms with Crippen molar-refractivity contribution in [3.8, 4) is 16.5 Å². The van der Waals surface area contributed by atoms with Crippen molar-refractivity contribution in [2.75, 3.05) is 12.8 Å². The van der Waals surface area contributed by atoms with E-state index < -0.39 is 27.0 Å². The number of hydrogen-bond acceptors (Lipinski definition) is 6. The van der Waals surface area contributed by atoms with Crippen LogP contribution in [-0.2, 0) is 21.4 Å². The van der Waals surface area contributed by atoms with Crippen molar-refractivity contribution in [3.05, 3.63) is 40.5 Å². The van der Waals surface area contributed by atoms with E-state index in [0.717, 1.165) is 17.4 Å². The quantitative estimate of drug-likeness (QED) is 0.746. The molecule has 2 atom stereocenters. The molecule has 0 spiro atoms. The van der Waals surface area contributed by atoms with E-state index in [1.165, 1.54) is 36.7 Å². The second-order valence-corrected chi connectivity index (χ2v) is 10.0. The number of aromatic nitrogens is 1. The molecule has 2 aromatic heterocycles. The summed E-state index contributed by atoms with van der Waals surface area (Å²) in [7, 11) is -1.49. The summed E-state index contributed by atoms with van der Waals surface area (Å²) >= 11 is 0.864. The van der Waals surface area contributed by atoms with Crippen LogP contribution in [0.4, 0.5) is 13.2 Å². The molecule has 1 aliphatic heterocycles. The summed E-state index contributed by atoms with van der Waals surface area (Å²) in [6.45, 7) is 1.46. The second-order valence-electron chi connectivity index (χ2n) is 6.58. The Kier molecular flexibility index (Phi) is 4.68. The molecule has 0 aliphatic carbocycles. The first-order valence-electron chi connectivity index (χ1n) is 7.88. The minimum absolute atomic E-state index is 0.107. The van der Waals surface area contributed by atoms with Gasteiger partial charge in [-0.2, -0.15) is 18.4 Å². The highest BCUT2D eigenvalue weighted by molar-refractivity contribution is 7.98. The van der Waals surface area contributed by atoms with Gasteiger partial charge in [-0.1, -0.05) is 0 Å². The Hall–Kier alpha value is -2.58. The molecular formula is C17H16F3N5OS2. The van der Waals surface area contributed by atoms with Gasteiger partial charge >= 0.3 is 6.18 Å². The standard InChI is InChI=1S/C17H16F3N5OS2/c1-16(9-28(3,26)25(2)15(22)24-16)14-12(17(18,19)20)5-13(27-14)11-4-10(6-21)7-23-8-11/h4-5,7-8H,3,9H2,1-2H3,(H2,22,24)/t16-,28?/m0/s1. The Morgan fingerprint density at radius 1 is 1.43 bits per heavy atom. The molecule has 148 valence electrons. The van der Waals surface area contributed by atoms with E-state index >= 15 is 0 Å². The highest BCUT2D eigenvalue weighted by Crippen LogP contribution is 2.47. The molecule has 0 aromatic carbocycles. The maximum Gasteiger partial charge on any atom is 0.417 e. The summed E-state index contributed by atoms with van der Waals surface area (Å²) in [5.41, 5.74) is 4.09. The molecule has 1 unspecified atom stereocenters. The van der Waals surface area contributed by atoms with Crippen LogP contribution in [0.1, 0.15) is 22.9 Å². The first-order chi connectivity index (χ1) is 12.9. The molecule has 3 heterocycles. The van der Waals surface area contributed by atoms with Gasteiger partial charge in [0, 0.05) is 34.8 Å². The van der Waals surface area contributed by atoms with Gasteiger partial charge < -0.3 is 5.73 Å². The molecule has 0 bridgehead atoms. The average Bonchev–Trinajstić information content (AvgIpc) is 3.06. The highest BCUT2D eigenvalue weighted by Gasteiger charge is 2.45. The number of rotatable bonds is 2. The predicted octanol–water partition coefficient (Wildman–Crippen LogP) is 2.81. The fourth-order valence-electron chi connectivity index (χ4n) is 2.96. The van der Waals surface area contributed by atoms with E-state index in [9.17, 15) is 17.4 Å². The Balaban J connectivity index is 2.24. The van der Waals surface area contributed by atoms with Crippen LogP contribution in [-0.4, -0.2) is 38.1 Å². The molecule has 2 N–H and O–H groups in total. The fraction of sp³-hybridized carbons (Fsp3) is 0.294. The molecular weight excluding hydrogens is 411 g/mol. The molecule has 2 aromatic rings. The molecule has 0 saturated heterocycles. The smallest absolute Gasteiger partial charge is 0.369 e. The van der Waals surface area contributed by atoms with Crippen molar-refractivity contribution in [2.45, 2.75) is 18.6 Å². The van der Waals surface area contributed by atoms with E-state index in [4.69, 9.17) is 11.0 Å². The summed E-state index contributed by atoms with van der Waals surface area (Å²) in [6.07, 6.45) is -1.94. The first kappa shape index (κ1) is 20.2. The molecule has 0 amide bonds. The van der Waals surface area contributed by atoms with E-state index in [0.29, 0.717) is 5.56 Å². The first-order valence-corrected chi connectivity index (χ1v) is 10.6. The van der Waals surface area contributed by atoms with Gasteiger partial charge in [-0.15, -0.1) is 11.3 Å². The second kappa shape index (κ2) is 6.49. The van der Waals surface area contributed by atoms with Crippen LogP contribution in [0.2, 0.25) is 0 Å². The predicted molar refractivity (Wildman–Crippen MR) is 104 cm³/mol. The van der Waals surface area contributed by atoms with Gasteiger partial charge in [0.05, 0.1) is 26.6 Å². The normalized spacial score (nSPS) is 25.3. The largest absolute Gasteiger partial charge is 0.417 e. The summed E-state index contributed by atoms with van der Waals surface area (Å²) < 4.78 is 55.3.